The van der Waals surface area contributed by atoms with E-state index in [9.17, 15) is 14.4 Å². The van der Waals surface area contributed by atoms with Crippen molar-refractivity contribution in [1.29, 1.82) is 0 Å². The van der Waals surface area contributed by atoms with E-state index in [-0.39, 0.29) is 66.9 Å². The third kappa shape index (κ3) is 27.0. The van der Waals surface area contributed by atoms with Crippen molar-refractivity contribution in [3.63, 3.8) is 0 Å². The van der Waals surface area contributed by atoms with Crippen LogP contribution in [-0.2, 0) is 71.5 Å². The highest BCUT2D eigenvalue weighted by molar-refractivity contribution is 5.76. The number of carbonyl (C=O) groups is 3. The number of hydrogen-bond acceptors (Lipinski definition) is 19. The average molecular weight is 1470 g/mol. The Labute approximate surface area is 629 Å². The number of benzene rings is 3. The van der Waals surface area contributed by atoms with Crippen LogP contribution in [0.4, 0.5) is 4.79 Å². The van der Waals surface area contributed by atoms with Gasteiger partial charge in [0.1, 0.15) is 64.5 Å². The van der Waals surface area contributed by atoms with Crippen molar-refractivity contribution in [2.75, 3.05) is 134 Å². The molecule has 3 aromatic rings. The number of unbranched alkanes of at least 4 members (excludes halogenated alkanes) is 6. The summed E-state index contributed by atoms with van der Waals surface area (Å²) in [6, 6.07) is 12.6. The minimum absolute atomic E-state index is 0.103. The minimum Gasteiger partial charge on any atom is -0.487 e. The fourth-order valence-corrected chi connectivity index (χ4v) is 15.4. The smallest absolute Gasteiger partial charge is 0.487 e. The number of aryl methyl sites for hydroxylation is 3. The van der Waals surface area contributed by atoms with Gasteiger partial charge in [-0.1, -0.05) is 94.2 Å². The predicted octanol–water partition coefficient (Wildman–Crippen LogP) is 17.4. The number of hydrogen-bond donors (Lipinski definition) is 0. The highest BCUT2D eigenvalue weighted by Gasteiger charge is 2.49. The van der Waals surface area contributed by atoms with Crippen LogP contribution in [0, 0.1) is 17.8 Å². The molecule has 0 amide bonds. The van der Waals surface area contributed by atoms with Crippen molar-refractivity contribution in [2.24, 2.45) is 17.8 Å². The molecule has 6 atom stereocenters. The number of rotatable bonds is 40. The number of allylic oxidation sites excluding steroid dienone is 6. The molecule has 3 heterocycles. The molecule has 0 unspecified atom stereocenters. The number of likely N-dealkylation sites (N-methyl/N-ethyl adjacent to an activating group) is 1. The second kappa shape index (κ2) is 44.0. The van der Waals surface area contributed by atoms with Crippen LogP contribution in [0.1, 0.15) is 231 Å². The van der Waals surface area contributed by atoms with Crippen LogP contribution in [0.15, 0.2) is 71.3 Å². The molecule has 0 aromatic heterocycles. The van der Waals surface area contributed by atoms with Crippen LogP contribution in [0.3, 0.4) is 0 Å². The molecule has 0 fully saturated rings. The van der Waals surface area contributed by atoms with Gasteiger partial charge in [-0.05, 0) is 207 Å². The summed E-state index contributed by atoms with van der Waals surface area (Å²) >= 11 is 0. The highest BCUT2D eigenvalue weighted by Crippen LogP contribution is 2.57. The van der Waals surface area contributed by atoms with Gasteiger partial charge in [0.25, 0.3) is 0 Å². The normalized spacial score (nSPS) is 20.4. The third-order valence-corrected chi connectivity index (χ3v) is 20.8. The van der Waals surface area contributed by atoms with Gasteiger partial charge in [-0.2, -0.15) is 0 Å². The van der Waals surface area contributed by atoms with Gasteiger partial charge in [-0.3, -0.25) is 9.69 Å². The summed E-state index contributed by atoms with van der Waals surface area (Å²) in [5, 5.41) is 0. The number of methoxy groups -OCH3 is 2. The molecule has 0 bridgehead atoms. The highest BCUT2D eigenvalue weighted by atomic mass is 16.7. The van der Waals surface area contributed by atoms with Crippen LogP contribution in [0.2, 0.25) is 0 Å². The first kappa shape index (κ1) is 86.4. The van der Waals surface area contributed by atoms with Gasteiger partial charge < -0.3 is 71.1 Å². The van der Waals surface area contributed by atoms with E-state index in [4.69, 9.17) is 71.1 Å². The maximum absolute atomic E-state index is 12.8. The quantitative estimate of drug-likeness (QED) is 0.0171. The van der Waals surface area contributed by atoms with E-state index in [1.54, 1.807) is 14.2 Å². The molecule has 0 radical (unpaired) electrons. The van der Waals surface area contributed by atoms with Gasteiger partial charge in [0.05, 0.1) is 92.4 Å². The van der Waals surface area contributed by atoms with Crippen molar-refractivity contribution >= 4 is 18.1 Å². The molecular formula is C86H131NO18. The van der Waals surface area contributed by atoms with E-state index >= 15 is 0 Å². The van der Waals surface area contributed by atoms with Crippen LogP contribution in [-0.4, -0.2) is 174 Å². The number of ether oxygens (including phenoxy) is 15. The molecule has 3 aliphatic carbocycles. The molecular weight excluding hydrogens is 1330 g/mol. The summed E-state index contributed by atoms with van der Waals surface area (Å²) in [5.41, 5.74) is 9.78. The monoisotopic (exact) mass is 1470 g/mol. The lowest BCUT2D eigenvalue weighted by Crippen LogP contribution is -2.45. The van der Waals surface area contributed by atoms with E-state index in [0.717, 1.165) is 141 Å². The molecule has 588 valence electrons. The zero-order valence-electron chi connectivity index (χ0n) is 67.0. The Balaban J connectivity index is 0.000000222. The number of esters is 2. The fourth-order valence-electron chi connectivity index (χ4n) is 15.4. The molecule has 19 nitrogen and oxygen atoms in total. The standard InChI is InChI=1S/C31H48O8.C30H46O7.C25H37NO3/c1-6-7-8-9-24-21-27(29-25-20-23(2)10-11-26(25)31(3,4)39-28(29)22-24)38-30(32)37-19-18-36-17-16-35-15-14-34-13-12-33-5;1-6-7-8-9-23-19-26(36-28(31)21-35-17-16-34-15-14-33-13-12-32-5)29-24-18-22(2)10-11-25(24)30(3,4)37-27(29)20-23;1-7-8-9-10-18-14-21(28-23(27)16-26(5)6)24-19-13-17(2)11-12-20(19)25(3,4)29-22(24)15-18/h20-22,25-26H,6-19H2,1-5H3;18-20,24-25H,6-17,21H2,1-5H3;13-15,19-20H,7-12,16H2,1-6H3/t25-,26-;24-,25+;19-,20-/m101/s1. The van der Waals surface area contributed by atoms with E-state index in [1.807, 2.05) is 31.1 Å². The summed E-state index contributed by atoms with van der Waals surface area (Å²) in [4.78, 5) is 39.8. The van der Waals surface area contributed by atoms with Crippen molar-refractivity contribution < 1.29 is 85.4 Å². The number of nitrogens with zero attached hydrogens (tertiary/aromatic N) is 1. The van der Waals surface area contributed by atoms with Gasteiger partial charge in [-0.15, -0.1) is 0 Å². The van der Waals surface area contributed by atoms with E-state index < -0.39 is 12.1 Å². The Morgan fingerprint density at radius 2 is 0.733 bits per heavy atom. The first-order chi connectivity index (χ1) is 50.4. The summed E-state index contributed by atoms with van der Waals surface area (Å²) < 4.78 is 85.2. The maximum atomic E-state index is 12.8. The Kier molecular flexibility index (Phi) is 36.2. The third-order valence-electron chi connectivity index (χ3n) is 20.8. The van der Waals surface area contributed by atoms with Crippen LogP contribution >= 0.6 is 0 Å². The Hall–Kier alpha value is -5.87. The SMILES string of the molecule is CCCCCc1cc(OC(=O)CN(C)C)c2c(c1)OC(C)(C)[C@@H]1CCC(C)=C[C@@H]21.CCCCCc1cc(OC(=O)COCCOCCOCCOC)c2c(c1)OC(C)(C)[C@@H]1CCC(C)=C[C@H]21.CCCCCc1cc(OC(=O)OCCOCCOCCOCCOC)c2c(c1)OC(C)(C)[C@@H]1CCC(C)=C[C@@H]21. The topological polar surface area (TPSA) is 193 Å². The average Bonchev–Trinajstić information content (AvgIpc) is 0.756. The van der Waals surface area contributed by atoms with Crippen molar-refractivity contribution in [2.45, 2.75) is 233 Å². The molecule has 105 heavy (non-hydrogen) atoms. The molecule has 9 rings (SSSR count). The molecule has 0 saturated heterocycles. The molecule has 3 aliphatic heterocycles. The van der Waals surface area contributed by atoms with Crippen molar-refractivity contribution in [1.82, 2.24) is 4.90 Å². The lowest BCUT2D eigenvalue weighted by atomic mass is 9.68. The Morgan fingerprint density at radius 1 is 0.419 bits per heavy atom. The van der Waals surface area contributed by atoms with Gasteiger partial charge in [0.15, 0.2) is 0 Å². The summed E-state index contributed by atoms with van der Waals surface area (Å²) in [7, 11) is 7.04. The second-order valence-electron chi connectivity index (χ2n) is 31.0. The first-order valence-corrected chi connectivity index (χ1v) is 39.4. The maximum Gasteiger partial charge on any atom is 0.513 e. The van der Waals surface area contributed by atoms with Gasteiger partial charge in [-0.25, -0.2) is 9.59 Å². The molecule has 19 heteroatoms. The van der Waals surface area contributed by atoms with Gasteiger partial charge in [0.2, 0.25) is 0 Å². The minimum atomic E-state index is -0.728. The molecule has 0 saturated carbocycles. The Morgan fingerprint density at radius 3 is 1.07 bits per heavy atom. The summed E-state index contributed by atoms with van der Waals surface area (Å²) in [6.45, 7) is 32.5. The second-order valence-corrected chi connectivity index (χ2v) is 31.0. The van der Waals surface area contributed by atoms with Crippen LogP contribution in [0.25, 0.3) is 0 Å². The number of fused-ring (bicyclic) bond motifs is 9. The van der Waals surface area contributed by atoms with Crippen molar-refractivity contribution in [3.05, 3.63) is 105 Å². The predicted molar refractivity (Wildman–Crippen MR) is 411 cm³/mol. The number of carbonyl (C=O) groups excluding carboxylic acids is 3. The molecule has 0 spiro atoms. The van der Waals surface area contributed by atoms with Crippen molar-refractivity contribution in [3.8, 4) is 34.5 Å². The van der Waals surface area contributed by atoms with Crippen LogP contribution < -0.4 is 28.4 Å². The van der Waals surface area contributed by atoms with Crippen LogP contribution in [0.5, 0.6) is 34.5 Å². The summed E-state index contributed by atoms with van der Waals surface area (Å²) in [6.07, 6.45) is 25.9. The largest absolute Gasteiger partial charge is 0.513 e. The first-order valence-electron chi connectivity index (χ1n) is 39.4. The van der Waals surface area contributed by atoms with E-state index in [2.05, 4.69) is 126 Å². The van der Waals surface area contributed by atoms with E-state index in [0.29, 0.717) is 114 Å². The summed E-state index contributed by atoms with van der Waals surface area (Å²) in [5.74, 6) is 5.33. The zero-order valence-corrected chi connectivity index (χ0v) is 67.0. The Bertz CT molecular complexity index is 3270. The lowest BCUT2D eigenvalue weighted by molar-refractivity contribution is -0.140. The van der Waals surface area contributed by atoms with E-state index in [1.165, 1.54) is 41.5 Å². The van der Waals surface area contributed by atoms with Gasteiger partial charge >= 0.3 is 18.1 Å². The molecule has 0 N–H and O–H groups in total. The zero-order chi connectivity index (χ0) is 75.9. The lowest BCUT2D eigenvalue weighted by Gasteiger charge is -2.46. The van der Waals surface area contributed by atoms with Gasteiger partial charge in [0, 0.05) is 66.4 Å². The molecule has 3 aromatic carbocycles. The fraction of sp³-hybridized carbons (Fsp3) is 0.686. The molecule has 6 aliphatic rings.